The number of amides is 2. The van der Waals surface area contributed by atoms with E-state index in [9.17, 15) is 9.59 Å². The Morgan fingerprint density at radius 2 is 2.00 bits per heavy atom. The SMILES string of the molecule is NC(=O)C1CCN(C(=O)c2sc3nc4c(cc3c2N)CCC4)CC1. The van der Waals surface area contributed by atoms with E-state index in [1.165, 1.54) is 16.9 Å². The van der Waals surface area contributed by atoms with E-state index in [0.717, 1.165) is 35.2 Å². The molecule has 0 atom stereocenters. The molecule has 2 aromatic rings. The number of anilines is 1. The van der Waals surface area contributed by atoms with Crippen molar-refractivity contribution in [1.82, 2.24) is 9.88 Å². The number of thiophene rings is 1. The third kappa shape index (κ3) is 2.43. The van der Waals surface area contributed by atoms with Crippen LogP contribution in [-0.4, -0.2) is 34.8 Å². The molecule has 2 aliphatic rings. The fourth-order valence-electron chi connectivity index (χ4n) is 3.67. The summed E-state index contributed by atoms with van der Waals surface area (Å²) in [6, 6.07) is 2.10. The molecule has 1 fully saturated rings. The highest BCUT2D eigenvalue weighted by Crippen LogP contribution is 2.36. The van der Waals surface area contributed by atoms with E-state index in [1.54, 1.807) is 4.90 Å². The number of nitrogen functional groups attached to an aromatic ring is 1. The van der Waals surface area contributed by atoms with Gasteiger partial charge in [0, 0.05) is 30.1 Å². The van der Waals surface area contributed by atoms with E-state index in [0.29, 0.717) is 36.5 Å². The first-order chi connectivity index (χ1) is 11.5. The van der Waals surface area contributed by atoms with Gasteiger partial charge in [0.1, 0.15) is 9.71 Å². The number of hydrogen-bond donors (Lipinski definition) is 2. The average molecular weight is 344 g/mol. The maximum Gasteiger partial charge on any atom is 0.266 e. The molecule has 0 radical (unpaired) electrons. The van der Waals surface area contributed by atoms with Gasteiger partial charge in [0.15, 0.2) is 0 Å². The molecule has 6 nitrogen and oxygen atoms in total. The van der Waals surface area contributed by atoms with Crippen molar-refractivity contribution < 1.29 is 9.59 Å². The number of carbonyl (C=O) groups excluding carboxylic acids is 2. The Morgan fingerprint density at radius 3 is 2.71 bits per heavy atom. The lowest BCUT2D eigenvalue weighted by molar-refractivity contribution is -0.123. The molecule has 24 heavy (non-hydrogen) atoms. The molecule has 4 N–H and O–H groups in total. The summed E-state index contributed by atoms with van der Waals surface area (Å²) in [4.78, 5) is 32.0. The van der Waals surface area contributed by atoms with Crippen molar-refractivity contribution in [3.05, 3.63) is 22.2 Å². The summed E-state index contributed by atoms with van der Waals surface area (Å²) in [6.45, 7) is 1.09. The van der Waals surface area contributed by atoms with E-state index in [1.807, 2.05) is 0 Å². The number of piperidine rings is 1. The van der Waals surface area contributed by atoms with Crippen LogP contribution in [0.5, 0.6) is 0 Å². The van der Waals surface area contributed by atoms with Crippen LogP contribution in [-0.2, 0) is 17.6 Å². The molecule has 1 aliphatic heterocycles. The molecule has 1 aliphatic carbocycles. The number of likely N-dealkylation sites (tertiary alicyclic amines) is 1. The number of primary amides is 1. The number of carbonyl (C=O) groups is 2. The summed E-state index contributed by atoms with van der Waals surface area (Å²) in [5.41, 5.74) is 14.6. The summed E-state index contributed by atoms with van der Waals surface area (Å²) in [6.07, 6.45) is 4.43. The number of pyridine rings is 1. The molecule has 2 amide bonds. The number of fused-ring (bicyclic) bond motifs is 2. The van der Waals surface area contributed by atoms with Gasteiger partial charge in [-0.2, -0.15) is 0 Å². The fraction of sp³-hybridized carbons (Fsp3) is 0.471. The van der Waals surface area contributed by atoms with Crippen LogP contribution in [0.2, 0.25) is 0 Å². The smallest absolute Gasteiger partial charge is 0.266 e. The van der Waals surface area contributed by atoms with Crippen molar-refractivity contribution >= 4 is 39.1 Å². The van der Waals surface area contributed by atoms with E-state index >= 15 is 0 Å². The summed E-state index contributed by atoms with van der Waals surface area (Å²) < 4.78 is 0. The quantitative estimate of drug-likeness (QED) is 0.865. The van der Waals surface area contributed by atoms with Gasteiger partial charge in [0.2, 0.25) is 5.91 Å². The Kier molecular flexibility index (Phi) is 3.68. The minimum Gasteiger partial charge on any atom is -0.397 e. The fourth-order valence-corrected chi connectivity index (χ4v) is 4.73. The normalized spacial score (nSPS) is 18.1. The van der Waals surface area contributed by atoms with E-state index in [2.05, 4.69) is 6.07 Å². The Hall–Kier alpha value is -2.15. The van der Waals surface area contributed by atoms with Crippen LogP contribution in [0, 0.1) is 5.92 Å². The number of hydrogen-bond acceptors (Lipinski definition) is 5. The average Bonchev–Trinajstić information content (AvgIpc) is 3.16. The van der Waals surface area contributed by atoms with E-state index in [-0.39, 0.29) is 17.7 Å². The van der Waals surface area contributed by atoms with Gasteiger partial charge in [-0.3, -0.25) is 9.59 Å². The van der Waals surface area contributed by atoms with Crippen LogP contribution >= 0.6 is 11.3 Å². The highest BCUT2D eigenvalue weighted by molar-refractivity contribution is 7.21. The van der Waals surface area contributed by atoms with Crippen molar-refractivity contribution in [2.24, 2.45) is 11.7 Å². The van der Waals surface area contributed by atoms with Crippen LogP contribution in [0.4, 0.5) is 5.69 Å². The van der Waals surface area contributed by atoms with Gasteiger partial charge in [-0.25, -0.2) is 4.98 Å². The van der Waals surface area contributed by atoms with Crippen molar-refractivity contribution in [1.29, 1.82) is 0 Å². The molecular weight excluding hydrogens is 324 g/mol. The molecular formula is C17H20N4O2S. The lowest BCUT2D eigenvalue weighted by Gasteiger charge is -2.30. The Labute approximate surface area is 143 Å². The highest BCUT2D eigenvalue weighted by Gasteiger charge is 2.29. The molecule has 126 valence electrons. The topological polar surface area (TPSA) is 102 Å². The van der Waals surface area contributed by atoms with Crippen molar-refractivity contribution in [3.63, 3.8) is 0 Å². The zero-order chi connectivity index (χ0) is 16.8. The minimum absolute atomic E-state index is 0.0569. The van der Waals surface area contributed by atoms with Gasteiger partial charge in [0.25, 0.3) is 5.91 Å². The van der Waals surface area contributed by atoms with Gasteiger partial charge >= 0.3 is 0 Å². The van der Waals surface area contributed by atoms with Crippen molar-refractivity contribution in [2.75, 3.05) is 18.8 Å². The second-order valence-corrected chi connectivity index (χ2v) is 7.61. The Balaban J connectivity index is 1.61. The second-order valence-electron chi connectivity index (χ2n) is 6.61. The molecule has 0 unspecified atom stereocenters. The third-order valence-corrected chi connectivity index (χ3v) is 6.23. The summed E-state index contributed by atoms with van der Waals surface area (Å²) in [5.74, 6) is -0.459. The molecule has 4 rings (SSSR count). The maximum atomic E-state index is 12.8. The van der Waals surface area contributed by atoms with Gasteiger partial charge in [0.05, 0.1) is 5.69 Å². The minimum atomic E-state index is -0.276. The molecule has 3 heterocycles. The van der Waals surface area contributed by atoms with Gasteiger partial charge in [-0.1, -0.05) is 0 Å². The van der Waals surface area contributed by atoms with Crippen LogP contribution in [0.15, 0.2) is 6.07 Å². The number of nitrogens with zero attached hydrogens (tertiary/aromatic N) is 2. The molecule has 0 spiro atoms. The van der Waals surface area contributed by atoms with Crippen molar-refractivity contribution in [2.45, 2.75) is 32.1 Å². The monoisotopic (exact) mass is 344 g/mol. The number of aromatic nitrogens is 1. The van der Waals surface area contributed by atoms with Crippen molar-refractivity contribution in [3.8, 4) is 0 Å². The zero-order valence-electron chi connectivity index (χ0n) is 13.4. The molecule has 1 saturated heterocycles. The highest BCUT2D eigenvalue weighted by atomic mass is 32.1. The third-order valence-electron chi connectivity index (χ3n) is 5.13. The largest absolute Gasteiger partial charge is 0.397 e. The van der Waals surface area contributed by atoms with Gasteiger partial charge < -0.3 is 16.4 Å². The van der Waals surface area contributed by atoms with Gasteiger partial charge in [-0.05, 0) is 43.7 Å². The first-order valence-electron chi connectivity index (χ1n) is 8.34. The second kappa shape index (κ2) is 5.73. The predicted molar refractivity (Wildman–Crippen MR) is 93.9 cm³/mol. The zero-order valence-corrected chi connectivity index (χ0v) is 14.2. The van der Waals surface area contributed by atoms with Crippen LogP contribution in [0.3, 0.4) is 0 Å². The van der Waals surface area contributed by atoms with Gasteiger partial charge in [-0.15, -0.1) is 11.3 Å². The molecule has 2 aromatic heterocycles. The Morgan fingerprint density at radius 1 is 1.25 bits per heavy atom. The van der Waals surface area contributed by atoms with Crippen LogP contribution in [0.25, 0.3) is 10.2 Å². The lowest BCUT2D eigenvalue weighted by atomic mass is 9.96. The summed E-state index contributed by atoms with van der Waals surface area (Å²) in [7, 11) is 0. The lowest BCUT2D eigenvalue weighted by Crippen LogP contribution is -2.41. The first-order valence-corrected chi connectivity index (χ1v) is 9.15. The van der Waals surface area contributed by atoms with Crippen LogP contribution in [0.1, 0.15) is 40.2 Å². The maximum absolute atomic E-state index is 12.8. The predicted octanol–water partition coefficient (Wildman–Crippen LogP) is 1.70. The molecule has 0 saturated carbocycles. The summed E-state index contributed by atoms with van der Waals surface area (Å²) >= 11 is 1.38. The number of rotatable bonds is 2. The standard InChI is InChI=1S/C17H20N4O2S/c18-13-11-8-10-2-1-3-12(10)20-16(11)24-14(13)17(23)21-6-4-9(5-7-21)15(19)22/h8-9H,1-7,18H2,(H2,19,22). The Bertz CT molecular complexity index is 837. The molecule has 0 aromatic carbocycles. The van der Waals surface area contributed by atoms with E-state index in [4.69, 9.17) is 16.5 Å². The first kappa shape index (κ1) is 15.4. The summed E-state index contributed by atoms with van der Waals surface area (Å²) in [5, 5.41) is 0.899. The number of aryl methyl sites for hydroxylation is 2. The van der Waals surface area contributed by atoms with E-state index < -0.39 is 0 Å². The number of nitrogens with two attached hydrogens (primary N) is 2. The van der Waals surface area contributed by atoms with Crippen LogP contribution < -0.4 is 11.5 Å². The molecule has 7 heteroatoms. The molecule has 0 bridgehead atoms.